The monoisotopic (exact) mass is 346 g/mol. The number of nitrogens with zero attached hydrogens (tertiary/aromatic N) is 3. The number of ether oxygens (including phenoxy) is 1. The highest BCUT2D eigenvalue weighted by Crippen LogP contribution is 2.28. The van der Waals surface area contributed by atoms with Gasteiger partial charge in [0.15, 0.2) is 5.82 Å². The zero-order valence-corrected chi connectivity index (χ0v) is 15.0. The minimum Gasteiger partial charge on any atom is -0.382 e. The van der Waals surface area contributed by atoms with E-state index in [4.69, 9.17) is 10.5 Å². The van der Waals surface area contributed by atoms with Crippen LogP contribution < -0.4 is 5.73 Å². The summed E-state index contributed by atoms with van der Waals surface area (Å²) >= 11 is 0. The van der Waals surface area contributed by atoms with Crippen LogP contribution in [0.4, 0.5) is 5.82 Å². The van der Waals surface area contributed by atoms with Crippen molar-refractivity contribution in [3.8, 4) is 0 Å². The van der Waals surface area contributed by atoms with Gasteiger partial charge >= 0.3 is 0 Å². The number of fused-ring (bicyclic) bond motifs is 3. The first-order chi connectivity index (χ1) is 12.5. The largest absolute Gasteiger partial charge is 0.382 e. The Morgan fingerprint density at radius 3 is 2.58 bits per heavy atom. The van der Waals surface area contributed by atoms with Crippen LogP contribution in [0.25, 0.3) is 21.9 Å². The van der Waals surface area contributed by atoms with Gasteiger partial charge in [0, 0.05) is 5.39 Å². The molecule has 2 N–H and O–H groups in total. The second-order valence-corrected chi connectivity index (χ2v) is 7.12. The average molecular weight is 346 g/mol. The Bertz CT molecular complexity index is 1050. The van der Waals surface area contributed by atoms with E-state index < -0.39 is 0 Å². The molecule has 0 saturated heterocycles. The Morgan fingerprint density at radius 1 is 1.04 bits per heavy atom. The Morgan fingerprint density at radius 2 is 1.77 bits per heavy atom. The summed E-state index contributed by atoms with van der Waals surface area (Å²) in [5.41, 5.74) is 9.54. The van der Waals surface area contributed by atoms with Gasteiger partial charge in [-0.15, -0.1) is 0 Å². The number of hydrogen-bond acceptors (Lipinski definition) is 4. The molecule has 26 heavy (non-hydrogen) atoms. The smallest absolute Gasteiger partial charge is 0.152 e. The van der Waals surface area contributed by atoms with E-state index in [1.54, 1.807) is 0 Å². The highest BCUT2D eigenvalue weighted by atomic mass is 16.5. The SMILES string of the molecule is CC(C)(Cn1cnc2c(N)nc3ccccc3c21)OCc1ccccc1. The van der Waals surface area contributed by atoms with Gasteiger partial charge in [0.2, 0.25) is 0 Å². The standard InChI is InChI=1S/C21H22N4O/c1-21(2,26-12-15-8-4-3-5-9-15)13-25-14-23-18-19(25)16-10-6-7-11-17(16)24-20(18)22/h3-11,14H,12-13H2,1-2H3,(H2,22,24). The number of anilines is 1. The van der Waals surface area contributed by atoms with Crippen molar-refractivity contribution < 1.29 is 4.74 Å². The van der Waals surface area contributed by atoms with Gasteiger partial charge in [-0.1, -0.05) is 48.5 Å². The third kappa shape index (κ3) is 3.13. The summed E-state index contributed by atoms with van der Waals surface area (Å²) in [4.78, 5) is 8.95. The fourth-order valence-corrected chi connectivity index (χ4v) is 3.23. The van der Waals surface area contributed by atoms with Crippen LogP contribution in [0.3, 0.4) is 0 Å². The van der Waals surface area contributed by atoms with Gasteiger partial charge in [0.25, 0.3) is 0 Å². The number of pyridine rings is 1. The van der Waals surface area contributed by atoms with E-state index in [2.05, 4.69) is 46.6 Å². The summed E-state index contributed by atoms with van der Waals surface area (Å²) < 4.78 is 8.30. The van der Waals surface area contributed by atoms with Crippen LogP contribution >= 0.6 is 0 Å². The topological polar surface area (TPSA) is 66.0 Å². The molecule has 2 heterocycles. The molecule has 0 aliphatic rings. The predicted molar refractivity (Wildman–Crippen MR) is 105 cm³/mol. The van der Waals surface area contributed by atoms with E-state index in [-0.39, 0.29) is 5.60 Å². The van der Waals surface area contributed by atoms with Crippen molar-refractivity contribution in [3.05, 3.63) is 66.5 Å². The molecular formula is C21H22N4O. The zero-order valence-electron chi connectivity index (χ0n) is 15.0. The van der Waals surface area contributed by atoms with Crippen molar-refractivity contribution in [2.24, 2.45) is 0 Å². The summed E-state index contributed by atoms with van der Waals surface area (Å²) in [7, 11) is 0. The maximum atomic E-state index is 6.18. The zero-order chi connectivity index (χ0) is 18.1. The van der Waals surface area contributed by atoms with E-state index in [1.165, 1.54) is 0 Å². The number of nitrogen functional groups attached to an aromatic ring is 1. The van der Waals surface area contributed by atoms with Crippen LogP contribution in [0, 0.1) is 0 Å². The molecule has 2 aromatic carbocycles. The van der Waals surface area contributed by atoms with Gasteiger partial charge in [-0.05, 0) is 25.5 Å². The Kier molecular flexibility index (Phi) is 4.09. The molecular weight excluding hydrogens is 324 g/mol. The second-order valence-electron chi connectivity index (χ2n) is 7.12. The van der Waals surface area contributed by atoms with Crippen molar-refractivity contribution in [2.75, 3.05) is 5.73 Å². The summed E-state index contributed by atoms with van der Waals surface area (Å²) in [5.74, 6) is 0.459. The molecule has 4 rings (SSSR count). The predicted octanol–water partition coefficient (Wildman–Crippen LogP) is 4.16. The molecule has 2 aromatic heterocycles. The van der Waals surface area contributed by atoms with Crippen LogP contribution in [0.2, 0.25) is 0 Å². The summed E-state index contributed by atoms with van der Waals surface area (Å²) in [6.45, 7) is 5.43. The first-order valence-electron chi connectivity index (χ1n) is 8.70. The van der Waals surface area contributed by atoms with Crippen LogP contribution in [0.15, 0.2) is 60.9 Å². The summed E-state index contributed by atoms with van der Waals surface area (Å²) in [6, 6.07) is 18.2. The Balaban J connectivity index is 1.66. The van der Waals surface area contributed by atoms with Gasteiger partial charge in [0.1, 0.15) is 5.52 Å². The summed E-state index contributed by atoms with van der Waals surface area (Å²) in [6.07, 6.45) is 1.82. The molecule has 5 heteroatoms. The Hall–Kier alpha value is -2.92. The molecule has 132 valence electrons. The maximum Gasteiger partial charge on any atom is 0.152 e. The third-order valence-corrected chi connectivity index (χ3v) is 4.50. The van der Waals surface area contributed by atoms with Crippen molar-refractivity contribution in [3.63, 3.8) is 0 Å². The highest BCUT2D eigenvalue weighted by molar-refractivity contribution is 6.06. The summed E-state index contributed by atoms with van der Waals surface area (Å²) in [5, 5.41) is 1.05. The lowest BCUT2D eigenvalue weighted by atomic mass is 10.1. The molecule has 0 atom stereocenters. The second kappa shape index (κ2) is 6.42. The van der Waals surface area contributed by atoms with Crippen molar-refractivity contribution >= 4 is 27.8 Å². The maximum absolute atomic E-state index is 6.18. The quantitative estimate of drug-likeness (QED) is 0.589. The number of aromatic nitrogens is 3. The van der Waals surface area contributed by atoms with E-state index >= 15 is 0 Å². The van der Waals surface area contributed by atoms with Crippen molar-refractivity contribution in [2.45, 2.75) is 32.6 Å². The molecule has 5 nitrogen and oxygen atoms in total. The van der Waals surface area contributed by atoms with Gasteiger partial charge in [-0.2, -0.15) is 0 Å². The number of imidazole rings is 1. The van der Waals surface area contributed by atoms with Crippen molar-refractivity contribution in [1.29, 1.82) is 0 Å². The lowest BCUT2D eigenvalue weighted by Crippen LogP contribution is -2.30. The number of hydrogen-bond donors (Lipinski definition) is 1. The molecule has 0 saturated carbocycles. The van der Waals surface area contributed by atoms with Crippen LogP contribution in [0.5, 0.6) is 0 Å². The lowest BCUT2D eigenvalue weighted by Gasteiger charge is -2.26. The minimum atomic E-state index is -0.359. The first kappa shape index (κ1) is 16.5. The van der Waals surface area contributed by atoms with Crippen LogP contribution in [0.1, 0.15) is 19.4 Å². The normalized spacial score (nSPS) is 12.1. The average Bonchev–Trinajstić information content (AvgIpc) is 3.05. The molecule has 0 unspecified atom stereocenters. The van der Waals surface area contributed by atoms with Crippen LogP contribution in [-0.4, -0.2) is 20.1 Å². The molecule has 0 spiro atoms. The first-order valence-corrected chi connectivity index (χ1v) is 8.70. The number of benzene rings is 2. The fourth-order valence-electron chi connectivity index (χ4n) is 3.23. The molecule has 0 bridgehead atoms. The molecule has 0 aliphatic heterocycles. The molecule has 0 aliphatic carbocycles. The van der Waals surface area contributed by atoms with E-state index in [9.17, 15) is 0 Å². The third-order valence-electron chi connectivity index (χ3n) is 4.50. The van der Waals surface area contributed by atoms with Gasteiger partial charge in [0.05, 0.1) is 36.1 Å². The molecule has 4 aromatic rings. The number of para-hydroxylation sites is 1. The molecule has 0 fully saturated rings. The highest BCUT2D eigenvalue weighted by Gasteiger charge is 2.22. The lowest BCUT2D eigenvalue weighted by molar-refractivity contribution is -0.0400. The van der Waals surface area contributed by atoms with E-state index in [0.29, 0.717) is 19.0 Å². The number of nitrogens with two attached hydrogens (primary N) is 1. The van der Waals surface area contributed by atoms with Gasteiger partial charge < -0.3 is 15.0 Å². The van der Waals surface area contributed by atoms with E-state index in [0.717, 1.165) is 27.5 Å². The molecule has 0 amide bonds. The van der Waals surface area contributed by atoms with Crippen molar-refractivity contribution in [1.82, 2.24) is 14.5 Å². The van der Waals surface area contributed by atoms with Gasteiger partial charge in [-0.25, -0.2) is 9.97 Å². The Labute approximate surface area is 152 Å². The number of rotatable bonds is 5. The molecule has 0 radical (unpaired) electrons. The fraction of sp³-hybridized carbons (Fsp3) is 0.238. The van der Waals surface area contributed by atoms with E-state index in [1.807, 2.05) is 42.7 Å². The van der Waals surface area contributed by atoms with Crippen LogP contribution in [-0.2, 0) is 17.9 Å². The minimum absolute atomic E-state index is 0.359. The van der Waals surface area contributed by atoms with Gasteiger partial charge in [-0.3, -0.25) is 0 Å².